The highest BCUT2D eigenvalue weighted by Gasteiger charge is 2.32. The van der Waals surface area contributed by atoms with Crippen LogP contribution >= 0.6 is 34.8 Å². The van der Waals surface area contributed by atoms with E-state index in [9.17, 15) is 21.6 Å². The second-order valence-corrected chi connectivity index (χ2v) is 8.70. The number of anilines is 1. The van der Waals surface area contributed by atoms with E-state index < -0.39 is 26.8 Å². The Morgan fingerprint density at radius 3 is 2.07 bits per heavy atom. The molecule has 3 rings (SSSR count). The van der Waals surface area contributed by atoms with Crippen molar-refractivity contribution in [2.75, 3.05) is 4.72 Å². The highest BCUT2D eigenvalue weighted by molar-refractivity contribution is 7.92. The Morgan fingerprint density at radius 1 is 0.933 bits per heavy atom. The second kappa shape index (κ2) is 8.50. The minimum Gasteiger partial charge on any atom is -0.434 e. The highest BCUT2D eigenvalue weighted by Crippen LogP contribution is 2.41. The van der Waals surface area contributed by atoms with Crippen molar-refractivity contribution in [3.05, 3.63) is 75.4 Å². The van der Waals surface area contributed by atoms with Crippen LogP contribution in [-0.4, -0.2) is 13.4 Å². The van der Waals surface area contributed by atoms with E-state index in [0.29, 0.717) is 12.3 Å². The average Bonchev–Trinajstić information content (AvgIpc) is 2.65. The van der Waals surface area contributed by atoms with E-state index in [1.165, 1.54) is 24.3 Å². The van der Waals surface area contributed by atoms with Gasteiger partial charge in [-0.25, -0.2) is 13.4 Å². The molecule has 1 heterocycles. The van der Waals surface area contributed by atoms with Crippen LogP contribution in [0.5, 0.6) is 11.6 Å². The van der Waals surface area contributed by atoms with Crippen LogP contribution in [0.3, 0.4) is 0 Å². The molecule has 0 aliphatic carbocycles. The van der Waals surface area contributed by atoms with Crippen molar-refractivity contribution in [2.45, 2.75) is 11.1 Å². The van der Waals surface area contributed by atoms with Gasteiger partial charge >= 0.3 is 6.18 Å². The molecule has 2 aromatic carbocycles. The predicted molar refractivity (Wildman–Crippen MR) is 108 cm³/mol. The molecule has 0 radical (unpaired) electrons. The maximum atomic E-state index is 12.7. The first kappa shape index (κ1) is 22.5. The van der Waals surface area contributed by atoms with Gasteiger partial charge in [0.25, 0.3) is 10.0 Å². The minimum absolute atomic E-state index is 0.0262. The first-order valence-electron chi connectivity index (χ1n) is 7.95. The van der Waals surface area contributed by atoms with E-state index in [4.69, 9.17) is 39.5 Å². The summed E-state index contributed by atoms with van der Waals surface area (Å²) in [6.45, 7) is 0. The first-order valence-corrected chi connectivity index (χ1v) is 10.6. The fraction of sp³-hybridized carbons (Fsp3) is 0.0556. The number of sulfonamides is 1. The van der Waals surface area contributed by atoms with Gasteiger partial charge in [0, 0.05) is 6.20 Å². The van der Waals surface area contributed by atoms with Gasteiger partial charge in [-0.05, 0) is 30.3 Å². The summed E-state index contributed by atoms with van der Waals surface area (Å²) < 4.78 is 70.7. The molecule has 3 aromatic rings. The summed E-state index contributed by atoms with van der Waals surface area (Å²) in [6.07, 6.45) is -4.08. The molecule has 158 valence electrons. The van der Waals surface area contributed by atoms with E-state index in [1.54, 1.807) is 18.2 Å². The molecule has 0 saturated carbocycles. The number of nitrogens with one attached hydrogen (secondary N) is 1. The van der Waals surface area contributed by atoms with E-state index in [2.05, 4.69) is 9.71 Å². The van der Waals surface area contributed by atoms with Gasteiger partial charge in [0.2, 0.25) is 5.88 Å². The molecule has 0 amide bonds. The largest absolute Gasteiger partial charge is 0.434 e. The quantitative estimate of drug-likeness (QED) is 0.428. The molecular formula is C18H10Cl3F3N2O3S. The summed E-state index contributed by atoms with van der Waals surface area (Å²) in [5.41, 5.74) is -1.00. The number of halogens is 6. The zero-order chi connectivity index (χ0) is 22.1. The number of rotatable bonds is 5. The van der Waals surface area contributed by atoms with Crippen LogP contribution in [0.25, 0.3) is 0 Å². The van der Waals surface area contributed by atoms with E-state index in [0.717, 1.165) is 0 Å². The fourth-order valence-corrected chi connectivity index (χ4v) is 4.11. The summed E-state index contributed by atoms with van der Waals surface area (Å²) >= 11 is 18.1. The van der Waals surface area contributed by atoms with Crippen molar-refractivity contribution < 1.29 is 26.3 Å². The molecule has 0 saturated heterocycles. The van der Waals surface area contributed by atoms with Gasteiger partial charge in [-0.2, -0.15) is 13.2 Å². The van der Waals surface area contributed by atoms with Crippen LogP contribution in [0.2, 0.25) is 15.1 Å². The molecule has 1 N–H and O–H groups in total. The lowest BCUT2D eigenvalue weighted by atomic mass is 10.3. The zero-order valence-electron chi connectivity index (χ0n) is 14.5. The molecule has 0 aliphatic heterocycles. The lowest BCUT2D eigenvalue weighted by Crippen LogP contribution is -2.12. The van der Waals surface area contributed by atoms with Crippen molar-refractivity contribution in [1.29, 1.82) is 0 Å². The second-order valence-electron chi connectivity index (χ2n) is 5.80. The number of ether oxygens (including phenoxy) is 1. The number of alkyl halides is 3. The number of pyridine rings is 1. The summed E-state index contributed by atoms with van der Waals surface area (Å²) in [7, 11) is -3.89. The Bertz CT molecular complexity index is 1170. The Balaban J connectivity index is 1.87. The van der Waals surface area contributed by atoms with Gasteiger partial charge in [0.15, 0.2) is 5.75 Å². The molecule has 0 bridgehead atoms. The normalized spacial score (nSPS) is 11.9. The molecule has 0 spiro atoms. The molecular weight excluding hydrogens is 488 g/mol. The predicted octanol–water partition coefficient (Wildman–Crippen LogP) is 6.65. The van der Waals surface area contributed by atoms with Crippen molar-refractivity contribution in [3.63, 3.8) is 0 Å². The van der Waals surface area contributed by atoms with Crippen LogP contribution in [0.4, 0.5) is 18.9 Å². The Hall–Kier alpha value is -2.20. The van der Waals surface area contributed by atoms with Gasteiger partial charge in [-0.3, -0.25) is 4.72 Å². The Kier molecular flexibility index (Phi) is 6.37. The standard InChI is InChI=1S/C18H10Cl3F3N2O3S/c19-13-7-11(26-30(27,28)12-4-2-1-3-5-12)8-14(20)16(13)29-17-15(21)6-10(9-25-17)18(22,23)24/h1-9,26H. The fourth-order valence-electron chi connectivity index (χ4n) is 2.28. The summed E-state index contributed by atoms with van der Waals surface area (Å²) in [5, 5.41) is -0.650. The van der Waals surface area contributed by atoms with E-state index in [1.807, 2.05) is 0 Å². The molecule has 12 heteroatoms. The molecule has 0 aliphatic rings. The molecule has 30 heavy (non-hydrogen) atoms. The maximum Gasteiger partial charge on any atom is 0.417 e. The third kappa shape index (κ3) is 5.10. The van der Waals surface area contributed by atoms with Crippen LogP contribution in [-0.2, 0) is 16.2 Å². The minimum atomic E-state index is -4.62. The smallest absolute Gasteiger partial charge is 0.417 e. The van der Waals surface area contributed by atoms with Gasteiger partial charge in [0.05, 0.1) is 26.2 Å². The number of benzene rings is 2. The van der Waals surface area contributed by atoms with Gasteiger partial charge in [-0.15, -0.1) is 0 Å². The highest BCUT2D eigenvalue weighted by atomic mass is 35.5. The average molecular weight is 498 g/mol. The van der Waals surface area contributed by atoms with Crippen molar-refractivity contribution in [2.24, 2.45) is 0 Å². The summed E-state index contributed by atoms with van der Waals surface area (Å²) in [5.74, 6) is -0.513. The Morgan fingerprint density at radius 2 is 1.53 bits per heavy atom. The summed E-state index contributed by atoms with van der Waals surface area (Å²) in [6, 6.07) is 10.7. The van der Waals surface area contributed by atoms with Crippen molar-refractivity contribution >= 4 is 50.5 Å². The lowest BCUT2D eigenvalue weighted by molar-refractivity contribution is -0.137. The van der Waals surface area contributed by atoms with Crippen LogP contribution < -0.4 is 9.46 Å². The third-order valence-corrected chi connectivity index (χ3v) is 5.87. The van der Waals surface area contributed by atoms with Crippen molar-refractivity contribution in [1.82, 2.24) is 4.98 Å². The molecule has 0 atom stereocenters. The lowest BCUT2D eigenvalue weighted by Gasteiger charge is -2.14. The first-order chi connectivity index (χ1) is 14.0. The van der Waals surface area contributed by atoms with E-state index >= 15 is 0 Å². The molecule has 0 unspecified atom stereocenters. The number of nitrogens with zero attached hydrogens (tertiary/aromatic N) is 1. The number of aromatic nitrogens is 1. The van der Waals surface area contributed by atoms with Gasteiger partial charge in [-0.1, -0.05) is 53.0 Å². The molecule has 0 fully saturated rings. The van der Waals surface area contributed by atoms with Gasteiger partial charge in [0.1, 0.15) is 5.02 Å². The molecule has 5 nitrogen and oxygen atoms in total. The van der Waals surface area contributed by atoms with Crippen LogP contribution in [0.1, 0.15) is 5.56 Å². The van der Waals surface area contributed by atoms with Gasteiger partial charge < -0.3 is 4.74 Å². The zero-order valence-corrected chi connectivity index (χ0v) is 17.6. The summed E-state index contributed by atoms with van der Waals surface area (Å²) in [4.78, 5) is 3.57. The number of hydrogen-bond donors (Lipinski definition) is 1. The van der Waals surface area contributed by atoms with Crippen LogP contribution in [0.15, 0.2) is 59.6 Å². The third-order valence-electron chi connectivity index (χ3n) is 3.64. The van der Waals surface area contributed by atoms with Crippen LogP contribution in [0, 0.1) is 0 Å². The number of hydrogen-bond acceptors (Lipinski definition) is 4. The monoisotopic (exact) mass is 496 g/mol. The topological polar surface area (TPSA) is 68.3 Å². The van der Waals surface area contributed by atoms with Crippen molar-refractivity contribution in [3.8, 4) is 11.6 Å². The Labute approximate surface area is 184 Å². The van der Waals surface area contributed by atoms with E-state index in [-0.39, 0.29) is 32.3 Å². The SMILES string of the molecule is O=S(=O)(Nc1cc(Cl)c(Oc2ncc(C(F)(F)F)cc2Cl)c(Cl)c1)c1ccccc1. The maximum absolute atomic E-state index is 12.7. The molecule has 1 aromatic heterocycles.